The summed E-state index contributed by atoms with van der Waals surface area (Å²) in [6, 6.07) is 24.0. The summed E-state index contributed by atoms with van der Waals surface area (Å²) < 4.78 is 0. The number of rotatable bonds is 4. The number of nitrogens with zero attached hydrogens (tertiary/aromatic N) is 1. The summed E-state index contributed by atoms with van der Waals surface area (Å²) in [6.07, 6.45) is 2.76. The van der Waals surface area contributed by atoms with Crippen LogP contribution < -0.4 is 10.2 Å². The van der Waals surface area contributed by atoms with Crippen LogP contribution >= 0.6 is 0 Å². The lowest BCUT2D eigenvalue weighted by Gasteiger charge is -2.25. The lowest BCUT2D eigenvalue weighted by molar-refractivity contribution is -0.115. The molecule has 0 saturated carbocycles. The van der Waals surface area contributed by atoms with Crippen molar-refractivity contribution in [2.45, 2.75) is 18.8 Å². The molecular formula is C26H20N2O3. The van der Waals surface area contributed by atoms with Crippen LogP contribution in [-0.2, 0) is 4.79 Å². The van der Waals surface area contributed by atoms with E-state index in [1.54, 1.807) is 42.5 Å². The minimum Gasteiger partial charge on any atom is -0.357 e. The van der Waals surface area contributed by atoms with Crippen LogP contribution in [0.4, 0.5) is 11.4 Å². The number of hydrogen-bond acceptors (Lipinski definition) is 4. The van der Waals surface area contributed by atoms with Crippen molar-refractivity contribution < 1.29 is 14.4 Å². The molecule has 1 heterocycles. The van der Waals surface area contributed by atoms with Gasteiger partial charge in [-0.2, -0.15) is 0 Å². The second-order valence-corrected chi connectivity index (χ2v) is 7.79. The predicted molar refractivity (Wildman–Crippen MR) is 119 cm³/mol. The molecule has 2 aliphatic rings. The van der Waals surface area contributed by atoms with E-state index in [2.05, 4.69) is 5.32 Å². The van der Waals surface area contributed by atoms with Gasteiger partial charge in [-0.1, -0.05) is 54.6 Å². The molecule has 0 bridgehead atoms. The highest BCUT2D eigenvalue weighted by molar-refractivity contribution is 6.35. The van der Waals surface area contributed by atoms with E-state index in [4.69, 9.17) is 0 Å². The quantitative estimate of drug-likeness (QED) is 0.622. The van der Waals surface area contributed by atoms with Crippen molar-refractivity contribution in [3.8, 4) is 0 Å². The molecule has 0 spiro atoms. The summed E-state index contributed by atoms with van der Waals surface area (Å²) in [7, 11) is 0. The normalized spacial score (nSPS) is 18.1. The van der Waals surface area contributed by atoms with Gasteiger partial charge in [-0.3, -0.25) is 14.4 Å². The Bertz CT molecular complexity index is 1200. The number of anilines is 2. The number of carbonyl (C=O) groups excluding carboxylic acids is 3. The van der Waals surface area contributed by atoms with Gasteiger partial charge in [0.2, 0.25) is 0 Å². The fourth-order valence-electron chi connectivity index (χ4n) is 4.30. The first kappa shape index (κ1) is 19.0. The van der Waals surface area contributed by atoms with Gasteiger partial charge >= 0.3 is 0 Å². The third-order valence-corrected chi connectivity index (χ3v) is 5.75. The van der Waals surface area contributed by atoms with E-state index < -0.39 is 0 Å². The minimum absolute atomic E-state index is 0.0563. The molecule has 0 aromatic heterocycles. The number of nitrogens with one attached hydrogen (secondary N) is 1. The topological polar surface area (TPSA) is 66.5 Å². The molecule has 1 atom stereocenters. The van der Waals surface area contributed by atoms with Gasteiger partial charge in [-0.25, -0.2) is 4.90 Å². The standard InChI is InChI=1S/C26H20N2O3/c29-20-15-18(17-8-2-1-3-9-17)14-19(16-20)27-23-12-6-7-13-24(23)28-25(30)21-10-4-5-11-22(21)26(28)31/h1-13,16,18,27H,14-15H2. The van der Waals surface area contributed by atoms with Crippen LogP contribution in [0, 0.1) is 0 Å². The first-order valence-corrected chi connectivity index (χ1v) is 10.2. The zero-order chi connectivity index (χ0) is 21.4. The van der Waals surface area contributed by atoms with Crippen LogP contribution in [0.1, 0.15) is 45.0 Å². The SMILES string of the molecule is O=C1C=C(Nc2ccccc2N2C(=O)c3ccccc3C2=O)CC(c2ccccc2)C1. The average Bonchev–Trinajstić information content (AvgIpc) is 3.05. The molecule has 152 valence electrons. The van der Waals surface area contributed by atoms with Crippen LogP contribution in [0.15, 0.2) is 90.6 Å². The Balaban J connectivity index is 1.45. The van der Waals surface area contributed by atoms with Crippen molar-refractivity contribution in [2.24, 2.45) is 0 Å². The predicted octanol–water partition coefficient (Wildman–Crippen LogP) is 4.93. The number of hydrogen-bond donors (Lipinski definition) is 1. The van der Waals surface area contributed by atoms with Gasteiger partial charge in [-0.05, 0) is 42.2 Å². The van der Waals surface area contributed by atoms with E-state index in [0.717, 1.165) is 11.3 Å². The van der Waals surface area contributed by atoms with Gasteiger partial charge in [0.1, 0.15) is 0 Å². The third kappa shape index (κ3) is 3.44. The molecular weight excluding hydrogens is 388 g/mol. The van der Waals surface area contributed by atoms with E-state index in [1.165, 1.54) is 4.90 Å². The largest absolute Gasteiger partial charge is 0.357 e. The molecule has 0 saturated heterocycles. The average molecular weight is 408 g/mol. The van der Waals surface area contributed by atoms with Crippen molar-refractivity contribution in [2.75, 3.05) is 10.2 Å². The van der Waals surface area contributed by atoms with Gasteiger partial charge < -0.3 is 5.32 Å². The molecule has 5 heteroatoms. The highest BCUT2D eigenvalue weighted by Crippen LogP contribution is 2.36. The van der Waals surface area contributed by atoms with Crippen LogP contribution in [0.5, 0.6) is 0 Å². The summed E-state index contributed by atoms with van der Waals surface area (Å²) in [6.45, 7) is 0. The second kappa shape index (κ2) is 7.69. The van der Waals surface area contributed by atoms with Crippen molar-refractivity contribution in [3.05, 3.63) is 107 Å². The zero-order valence-electron chi connectivity index (χ0n) is 16.7. The second-order valence-electron chi connectivity index (χ2n) is 7.79. The maximum Gasteiger partial charge on any atom is 0.266 e. The van der Waals surface area contributed by atoms with Gasteiger partial charge in [0.05, 0.1) is 22.5 Å². The first-order chi connectivity index (χ1) is 15.1. The Morgan fingerprint density at radius 1 is 0.710 bits per heavy atom. The Kier molecular flexibility index (Phi) is 4.71. The number of fused-ring (bicyclic) bond motifs is 1. The van der Waals surface area contributed by atoms with Crippen molar-refractivity contribution in [1.29, 1.82) is 0 Å². The van der Waals surface area contributed by atoms with Crippen molar-refractivity contribution in [3.63, 3.8) is 0 Å². The smallest absolute Gasteiger partial charge is 0.266 e. The number of amides is 2. The number of benzene rings is 3. The molecule has 5 rings (SSSR count). The van der Waals surface area contributed by atoms with E-state index in [9.17, 15) is 14.4 Å². The maximum absolute atomic E-state index is 12.9. The fourth-order valence-corrected chi connectivity index (χ4v) is 4.30. The van der Waals surface area contributed by atoms with E-state index >= 15 is 0 Å². The third-order valence-electron chi connectivity index (χ3n) is 5.75. The van der Waals surface area contributed by atoms with Crippen LogP contribution in [-0.4, -0.2) is 17.6 Å². The number of para-hydroxylation sites is 2. The van der Waals surface area contributed by atoms with Crippen LogP contribution in [0.25, 0.3) is 0 Å². The molecule has 2 amide bonds. The van der Waals surface area contributed by atoms with Gasteiger partial charge in [-0.15, -0.1) is 0 Å². The molecule has 0 fully saturated rings. The van der Waals surface area contributed by atoms with Crippen molar-refractivity contribution in [1.82, 2.24) is 0 Å². The summed E-state index contributed by atoms with van der Waals surface area (Å²) in [5.74, 6) is -0.537. The molecule has 5 nitrogen and oxygen atoms in total. The first-order valence-electron chi connectivity index (χ1n) is 10.2. The van der Waals surface area contributed by atoms with E-state index in [1.807, 2.05) is 42.5 Å². The monoisotopic (exact) mass is 408 g/mol. The molecule has 31 heavy (non-hydrogen) atoms. The lowest BCUT2D eigenvalue weighted by Crippen LogP contribution is -2.30. The van der Waals surface area contributed by atoms with Gasteiger partial charge in [0.25, 0.3) is 11.8 Å². The van der Waals surface area contributed by atoms with Crippen LogP contribution in [0.3, 0.4) is 0 Å². The minimum atomic E-state index is -0.342. The molecule has 1 unspecified atom stereocenters. The summed E-state index contributed by atoms with van der Waals surface area (Å²) in [4.78, 5) is 39.5. The number of imide groups is 1. The summed E-state index contributed by atoms with van der Waals surface area (Å²) >= 11 is 0. The highest BCUT2D eigenvalue weighted by Gasteiger charge is 2.37. The lowest BCUT2D eigenvalue weighted by atomic mass is 9.85. The number of carbonyl (C=O) groups is 3. The summed E-state index contributed by atoms with van der Waals surface area (Å²) in [5, 5.41) is 3.32. The maximum atomic E-state index is 12.9. The Labute approximate surface area is 180 Å². The van der Waals surface area contributed by atoms with Gasteiger partial charge in [0.15, 0.2) is 5.78 Å². The number of allylic oxidation sites excluding steroid dienone is 2. The van der Waals surface area contributed by atoms with Gasteiger partial charge in [0, 0.05) is 18.2 Å². The number of ketones is 1. The molecule has 1 aliphatic heterocycles. The summed E-state index contributed by atoms with van der Waals surface area (Å²) in [5.41, 5.74) is 3.79. The fraction of sp³-hybridized carbons (Fsp3) is 0.115. The van der Waals surface area contributed by atoms with Crippen molar-refractivity contribution >= 4 is 29.0 Å². The Hall–Kier alpha value is -3.99. The van der Waals surface area contributed by atoms with E-state index in [-0.39, 0.29) is 23.5 Å². The molecule has 1 N–H and O–H groups in total. The molecule has 0 radical (unpaired) electrons. The molecule has 1 aliphatic carbocycles. The molecule has 3 aromatic carbocycles. The Morgan fingerprint density at radius 3 is 2.03 bits per heavy atom. The van der Waals surface area contributed by atoms with Crippen LogP contribution in [0.2, 0.25) is 0 Å². The Morgan fingerprint density at radius 2 is 1.32 bits per heavy atom. The zero-order valence-corrected chi connectivity index (χ0v) is 16.7. The van der Waals surface area contributed by atoms with E-state index in [0.29, 0.717) is 35.3 Å². The molecule has 3 aromatic rings. The highest BCUT2D eigenvalue weighted by atomic mass is 16.2.